The van der Waals surface area contributed by atoms with Crippen molar-refractivity contribution in [3.63, 3.8) is 0 Å². The van der Waals surface area contributed by atoms with E-state index < -0.39 is 27.8 Å². The molecule has 9 nitrogen and oxygen atoms in total. The first-order valence-corrected chi connectivity index (χ1v) is 15.2. The van der Waals surface area contributed by atoms with Crippen molar-refractivity contribution in [2.24, 2.45) is 0 Å². The molecule has 0 bridgehead atoms. The first kappa shape index (κ1) is 26.6. The third-order valence-electron chi connectivity index (χ3n) is 7.58. The highest BCUT2D eigenvalue weighted by atomic mass is 35.5. The number of sulfonamides is 1. The van der Waals surface area contributed by atoms with Crippen molar-refractivity contribution in [2.75, 3.05) is 26.3 Å². The monoisotopic (exact) mass is 572 g/mol. The van der Waals surface area contributed by atoms with E-state index >= 15 is 0 Å². The molecule has 11 heteroatoms. The van der Waals surface area contributed by atoms with Gasteiger partial charge in [-0.1, -0.05) is 17.7 Å². The van der Waals surface area contributed by atoms with E-state index in [2.05, 4.69) is 16.0 Å². The average molecular weight is 573 g/mol. The Labute approximate surface area is 233 Å². The number of amides is 1. The van der Waals surface area contributed by atoms with Crippen molar-refractivity contribution < 1.29 is 22.7 Å². The molecule has 3 aliphatic rings. The standard InChI is InChI=1S/C28H33ClN4O5S/c1-28(2,3)38-27(34)33-8-9-37-16-25(33)21-11-18(19-12-22-24(29)14-31-26(22)30-13-19)10-17-6-7-32(15-23(17)21)39(35,36)20-4-5-20/h10-14,20,25H,4-9,15-16H2,1-3H3,(H,30,31)/t25-/m0/s1. The van der Waals surface area contributed by atoms with Gasteiger partial charge >= 0.3 is 6.09 Å². The summed E-state index contributed by atoms with van der Waals surface area (Å²) in [5.41, 5.74) is 4.77. The molecule has 0 radical (unpaired) electrons. The number of carbonyl (C=O) groups is 1. The summed E-state index contributed by atoms with van der Waals surface area (Å²) < 4.78 is 39.6. The molecule has 1 saturated carbocycles. The Morgan fingerprint density at radius 1 is 1.18 bits per heavy atom. The molecule has 6 rings (SSSR count). The summed E-state index contributed by atoms with van der Waals surface area (Å²) in [6.07, 6.45) is 5.14. The molecule has 1 atom stereocenters. The molecule has 1 saturated heterocycles. The third-order valence-corrected chi connectivity index (χ3v) is 10.2. The van der Waals surface area contributed by atoms with Gasteiger partial charge in [-0.05, 0) is 74.4 Å². The first-order valence-electron chi connectivity index (χ1n) is 13.4. The quantitative estimate of drug-likeness (QED) is 0.469. The van der Waals surface area contributed by atoms with Gasteiger partial charge in [0.25, 0.3) is 0 Å². The van der Waals surface area contributed by atoms with Gasteiger partial charge in [-0.2, -0.15) is 4.31 Å². The molecule has 2 aliphatic heterocycles. The number of nitrogens with one attached hydrogen (secondary N) is 1. The van der Waals surface area contributed by atoms with Crippen molar-refractivity contribution in [1.29, 1.82) is 0 Å². The lowest BCUT2D eigenvalue weighted by Crippen LogP contribution is -2.46. The van der Waals surface area contributed by atoms with Crippen LogP contribution >= 0.6 is 11.6 Å². The number of aromatic amines is 1. The van der Waals surface area contributed by atoms with Gasteiger partial charge in [-0.15, -0.1) is 0 Å². The average Bonchev–Trinajstić information content (AvgIpc) is 3.71. The fraction of sp³-hybridized carbons (Fsp3) is 0.500. The maximum atomic E-state index is 13.3. The van der Waals surface area contributed by atoms with E-state index in [0.29, 0.717) is 43.4 Å². The van der Waals surface area contributed by atoms with E-state index in [9.17, 15) is 13.2 Å². The number of benzene rings is 1. The van der Waals surface area contributed by atoms with Crippen molar-refractivity contribution in [2.45, 2.75) is 63.5 Å². The lowest BCUT2D eigenvalue weighted by atomic mass is 9.87. The van der Waals surface area contributed by atoms with Crippen molar-refractivity contribution in [1.82, 2.24) is 19.2 Å². The summed E-state index contributed by atoms with van der Waals surface area (Å²) in [6, 6.07) is 5.75. The highest BCUT2D eigenvalue weighted by Crippen LogP contribution is 2.40. The third kappa shape index (κ3) is 5.15. The molecule has 208 valence electrons. The maximum Gasteiger partial charge on any atom is 0.410 e. The van der Waals surface area contributed by atoms with Crippen LogP contribution in [0.25, 0.3) is 22.2 Å². The number of aromatic nitrogens is 2. The number of hydrogen-bond donors (Lipinski definition) is 1. The Hall–Kier alpha value is -2.66. The van der Waals surface area contributed by atoms with E-state index in [1.54, 1.807) is 21.6 Å². The van der Waals surface area contributed by atoms with Gasteiger partial charge in [-0.3, -0.25) is 4.90 Å². The summed E-state index contributed by atoms with van der Waals surface area (Å²) >= 11 is 6.39. The second kappa shape index (κ2) is 9.76. The van der Waals surface area contributed by atoms with Gasteiger partial charge in [0.1, 0.15) is 11.2 Å². The van der Waals surface area contributed by atoms with Crippen LogP contribution in [-0.4, -0.2) is 70.8 Å². The Morgan fingerprint density at radius 3 is 2.72 bits per heavy atom. The molecule has 0 unspecified atom stereocenters. The van der Waals surface area contributed by atoms with E-state index in [0.717, 1.165) is 46.0 Å². The molecule has 39 heavy (non-hydrogen) atoms. The van der Waals surface area contributed by atoms with Gasteiger partial charge in [0.2, 0.25) is 10.0 Å². The number of hydrogen-bond acceptors (Lipinski definition) is 6. The van der Waals surface area contributed by atoms with Crippen molar-refractivity contribution >= 4 is 38.8 Å². The Morgan fingerprint density at radius 2 is 1.97 bits per heavy atom. The van der Waals surface area contributed by atoms with Crippen LogP contribution in [-0.2, 0) is 32.5 Å². The van der Waals surface area contributed by atoms with Gasteiger partial charge in [0.15, 0.2) is 0 Å². The molecular formula is C28H33ClN4O5S. The smallest absolute Gasteiger partial charge is 0.410 e. The van der Waals surface area contributed by atoms with Gasteiger partial charge < -0.3 is 14.5 Å². The zero-order valence-corrected chi connectivity index (χ0v) is 23.9. The molecule has 2 aromatic heterocycles. The molecule has 1 N–H and O–H groups in total. The molecular weight excluding hydrogens is 540 g/mol. The molecule has 3 aromatic rings. The van der Waals surface area contributed by atoms with Gasteiger partial charge in [0.05, 0.1) is 29.5 Å². The molecule has 1 aliphatic carbocycles. The number of carbonyl (C=O) groups excluding carboxylic acids is 1. The summed E-state index contributed by atoms with van der Waals surface area (Å²) in [6.45, 7) is 7.35. The number of rotatable bonds is 4. The number of fused-ring (bicyclic) bond motifs is 2. The Balaban J connectivity index is 1.46. The summed E-state index contributed by atoms with van der Waals surface area (Å²) in [7, 11) is -3.35. The van der Waals surface area contributed by atoms with Crippen LogP contribution < -0.4 is 0 Å². The van der Waals surface area contributed by atoms with Crippen LogP contribution in [0, 0.1) is 0 Å². The van der Waals surface area contributed by atoms with E-state index in [-0.39, 0.29) is 11.8 Å². The Bertz CT molecular complexity index is 1540. The number of halogens is 1. The van der Waals surface area contributed by atoms with E-state index in [4.69, 9.17) is 21.1 Å². The predicted octanol–water partition coefficient (Wildman–Crippen LogP) is 5.04. The summed E-state index contributed by atoms with van der Waals surface area (Å²) in [5, 5.41) is 1.14. The van der Waals surface area contributed by atoms with Crippen LogP contribution in [0.15, 0.2) is 30.6 Å². The SMILES string of the molecule is CC(C)(C)OC(=O)N1CCOC[C@H]1c1cc(-c2cnc3[nH]cc(Cl)c3c2)cc2c1CN(S(=O)(=O)C1CC1)CC2. The molecule has 1 amide bonds. The van der Waals surface area contributed by atoms with Crippen LogP contribution in [0.1, 0.15) is 56.3 Å². The minimum Gasteiger partial charge on any atom is -0.444 e. The van der Waals surface area contributed by atoms with Crippen LogP contribution in [0.3, 0.4) is 0 Å². The van der Waals surface area contributed by atoms with Gasteiger partial charge in [0, 0.05) is 43.0 Å². The van der Waals surface area contributed by atoms with Gasteiger partial charge in [-0.25, -0.2) is 18.2 Å². The molecule has 2 fully saturated rings. The highest BCUT2D eigenvalue weighted by Gasteiger charge is 2.42. The Kier molecular flexibility index (Phi) is 6.65. The van der Waals surface area contributed by atoms with E-state index in [1.807, 2.05) is 32.9 Å². The number of nitrogens with zero attached hydrogens (tertiary/aromatic N) is 3. The second-order valence-electron chi connectivity index (χ2n) is 11.6. The van der Waals surface area contributed by atoms with Crippen LogP contribution in [0.4, 0.5) is 4.79 Å². The maximum absolute atomic E-state index is 13.3. The highest BCUT2D eigenvalue weighted by molar-refractivity contribution is 7.90. The zero-order chi connectivity index (χ0) is 27.5. The summed E-state index contributed by atoms with van der Waals surface area (Å²) in [5.74, 6) is 0. The lowest BCUT2D eigenvalue weighted by molar-refractivity contribution is -0.0333. The topological polar surface area (TPSA) is 105 Å². The molecule has 1 aromatic carbocycles. The zero-order valence-electron chi connectivity index (χ0n) is 22.4. The molecule has 4 heterocycles. The largest absolute Gasteiger partial charge is 0.444 e. The molecule has 0 spiro atoms. The number of H-pyrrole nitrogens is 1. The second-order valence-corrected chi connectivity index (χ2v) is 14.2. The van der Waals surface area contributed by atoms with Crippen LogP contribution in [0.5, 0.6) is 0 Å². The number of morpholine rings is 1. The van der Waals surface area contributed by atoms with Crippen molar-refractivity contribution in [3.05, 3.63) is 52.3 Å². The van der Waals surface area contributed by atoms with E-state index in [1.165, 1.54) is 0 Å². The predicted molar refractivity (Wildman–Crippen MR) is 149 cm³/mol. The number of ether oxygens (including phenoxy) is 2. The first-order chi connectivity index (χ1) is 18.5. The minimum absolute atomic E-state index is 0.276. The number of pyridine rings is 1. The summed E-state index contributed by atoms with van der Waals surface area (Å²) in [4.78, 5) is 22.6. The fourth-order valence-electron chi connectivity index (χ4n) is 5.46. The van der Waals surface area contributed by atoms with Crippen LogP contribution in [0.2, 0.25) is 5.02 Å². The fourth-order valence-corrected chi connectivity index (χ4v) is 7.47. The lowest BCUT2D eigenvalue weighted by Gasteiger charge is -2.39. The normalized spacial score (nSPS) is 20.7. The van der Waals surface area contributed by atoms with Crippen molar-refractivity contribution in [3.8, 4) is 11.1 Å². The minimum atomic E-state index is -3.35.